The van der Waals surface area contributed by atoms with E-state index in [2.05, 4.69) is 58.9 Å². The van der Waals surface area contributed by atoms with Gasteiger partial charge < -0.3 is 0 Å². The standard InChI is InChI=1S/C18H28/c1-6-14-7-9-15(10-8-14)16-11-17(2,3)13-18(4,5)12-16/h7-10,16H,6,11-13H2,1-5H3. The second kappa shape index (κ2) is 4.72. The molecule has 0 N–H and O–H groups in total. The molecule has 2 rings (SSSR count). The molecule has 0 aliphatic heterocycles. The van der Waals surface area contributed by atoms with Gasteiger partial charge in [0.2, 0.25) is 0 Å². The van der Waals surface area contributed by atoms with E-state index in [1.165, 1.54) is 24.8 Å². The summed E-state index contributed by atoms with van der Waals surface area (Å²) < 4.78 is 0. The third kappa shape index (κ3) is 3.16. The smallest absolute Gasteiger partial charge is 0.0152 e. The van der Waals surface area contributed by atoms with Crippen molar-refractivity contribution in [1.82, 2.24) is 0 Å². The molecule has 1 fully saturated rings. The molecular weight excluding hydrogens is 216 g/mol. The van der Waals surface area contributed by atoms with Crippen molar-refractivity contribution < 1.29 is 0 Å². The molecule has 0 unspecified atom stereocenters. The fourth-order valence-electron chi connectivity index (χ4n) is 4.11. The van der Waals surface area contributed by atoms with Crippen LogP contribution in [0.1, 0.15) is 70.9 Å². The average Bonchev–Trinajstić information content (AvgIpc) is 2.25. The minimum absolute atomic E-state index is 0.482. The van der Waals surface area contributed by atoms with Crippen molar-refractivity contribution in [2.24, 2.45) is 10.8 Å². The van der Waals surface area contributed by atoms with Crippen molar-refractivity contribution >= 4 is 0 Å². The van der Waals surface area contributed by atoms with Crippen LogP contribution in [0.15, 0.2) is 24.3 Å². The molecule has 0 amide bonds. The lowest BCUT2D eigenvalue weighted by molar-refractivity contribution is 0.0969. The minimum Gasteiger partial charge on any atom is -0.0613 e. The molecule has 0 heteroatoms. The van der Waals surface area contributed by atoms with Gasteiger partial charge in [0.1, 0.15) is 0 Å². The Morgan fingerprint density at radius 1 is 0.944 bits per heavy atom. The summed E-state index contributed by atoms with van der Waals surface area (Å²) in [6, 6.07) is 9.34. The number of hydrogen-bond acceptors (Lipinski definition) is 0. The van der Waals surface area contributed by atoms with Crippen LogP contribution in [-0.4, -0.2) is 0 Å². The average molecular weight is 244 g/mol. The number of aryl methyl sites for hydroxylation is 1. The first-order chi connectivity index (χ1) is 8.31. The zero-order chi connectivity index (χ0) is 13.4. The van der Waals surface area contributed by atoms with Gasteiger partial charge in [0.25, 0.3) is 0 Å². The van der Waals surface area contributed by atoms with Gasteiger partial charge in [-0.2, -0.15) is 0 Å². The maximum atomic E-state index is 2.43. The van der Waals surface area contributed by atoms with Crippen LogP contribution in [0, 0.1) is 10.8 Å². The van der Waals surface area contributed by atoms with Gasteiger partial charge in [0.05, 0.1) is 0 Å². The van der Waals surface area contributed by atoms with Gasteiger partial charge in [-0.15, -0.1) is 0 Å². The molecular formula is C18H28. The molecule has 0 aromatic heterocycles. The molecule has 0 radical (unpaired) electrons. The van der Waals surface area contributed by atoms with Crippen molar-refractivity contribution in [2.45, 2.75) is 66.2 Å². The van der Waals surface area contributed by atoms with E-state index in [4.69, 9.17) is 0 Å². The lowest BCUT2D eigenvalue weighted by Crippen LogP contribution is -2.32. The van der Waals surface area contributed by atoms with Crippen molar-refractivity contribution in [1.29, 1.82) is 0 Å². The van der Waals surface area contributed by atoms with Gasteiger partial charge in [-0.25, -0.2) is 0 Å². The highest BCUT2D eigenvalue weighted by molar-refractivity contribution is 5.26. The van der Waals surface area contributed by atoms with Crippen molar-refractivity contribution in [2.75, 3.05) is 0 Å². The molecule has 1 saturated carbocycles. The summed E-state index contributed by atoms with van der Waals surface area (Å²) in [5, 5.41) is 0. The maximum Gasteiger partial charge on any atom is -0.0152 e. The van der Waals surface area contributed by atoms with Gasteiger partial charge >= 0.3 is 0 Å². The highest BCUT2D eigenvalue weighted by atomic mass is 14.4. The molecule has 100 valence electrons. The second-order valence-corrected chi connectivity index (χ2v) is 7.71. The van der Waals surface area contributed by atoms with Crippen LogP contribution in [0.2, 0.25) is 0 Å². The third-order valence-corrected chi connectivity index (χ3v) is 4.41. The highest BCUT2D eigenvalue weighted by Gasteiger charge is 2.38. The van der Waals surface area contributed by atoms with E-state index in [1.54, 1.807) is 5.56 Å². The first kappa shape index (κ1) is 13.6. The molecule has 0 heterocycles. The molecule has 1 aromatic carbocycles. The second-order valence-electron chi connectivity index (χ2n) is 7.71. The van der Waals surface area contributed by atoms with Gasteiger partial charge in [-0.05, 0) is 53.6 Å². The first-order valence-electron chi connectivity index (χ1n) is 7.40. The van der Waals surface area contributed by atoms with Gasteiger partial charge in [-0.1, -0.05) is 58.9 Å². The number of rotatable bonds is 2. The van der Waals surface area contributed by atoms with Gasteiger partial charge in [-0.3, -0.25) is 0 Å². The molecule has 1 aromatic rings. The minimum atomic E-state index is 0.482. The maximum absolute atomic E-state index is 2.43. The van der Waals surface area contributed by atoms with E-state index < -0.39 is 0 Å². The van der Waals surface area contributed by atoms with E-state index in [9.17, 15) is 0 Å². The summed E-state index contributed by atoms with van der Waals surface area (Å²) in [5.41, 5.74) is 3.97. The molecule has 0 nitrogen and oxygen atoms in total. The normalized spacial score (nSPS) is 22.9. The monoisotopic (exact) mass is 244 g/mol. The molecule has 0 atom stereocenters. The topological polar surface area (TPSA) is 0 Å². The number of hydrogen-bond donors (Lipinski definition) is 0. The summed E-state index contributed by atoms with van der Waals surface area (Å²) in [4.78, 5) is 0. The molecule has 0 bridgehead atoms. The van der Waals surface area contributed by atoms with Crippen LogP contribution in [0.3, 0.4) is 0 Å². The molecule has 18 heavy (non-hydrogen) atoms. The summed E-state index contributed by atoms with van der Waals surface area (Å²) in [6.45, 7) is 12.0. The fourth-order valence-corrected chi connectivity index (χ4v) is 4.11. The Labute approximate surface area is 113 Å². The lowest BCUT2D eigenvalue weighted by Gasteiger charge is -2.45. The summed E-state index contributed by atoms with van der Waals surface area (Å²) in [7, 11) is 0. The molecule has 1 aliphatic carbocycles. The van der Waals surface area contributed by atoms with E-state index in [0.717, 1.165) is 12.3 Å². The Kier molecular flexibility index (Phi) is 3.58. The first-order valence-corrected chi connectivity index (χ1v) is 7.40. The predicted octanol–water partition coefficient (Wildman–Crippen LogP) is 5.57. The number of benzene rings is 1. The largest absolute Gasteiger partial charge is 0.0613 e. The molecule has 1 aliphatic rings. The summed E-state index contributed by atoms with van der Waals surface area (Å²) in [5.74, 6) is 0.745. The van der Waals surface area contributed by atoms with Gasteiger partial charge in [0, 0.05) is 0 Å². The third-order valence-electron chi connectivity index (χ3n) is 4.41. The van der Waals surface area contributed by atoms with Crippen LogP contribution in [0.4, 0.5) is 0 Å². The summed E-state index contributed by atoms with van der Waals surface area (Å²) >= 11 is 0. The van der Waals surface area contributed by atoms with Gasteiger partial charge in [0.15, 0.2) is 0 Å². The van der Waals surface area contributed by atoms with Crippen LogP contribution >= 0.6 is 0 Å². The van der Waals surface area contributed by atoms with Crippen molar-refractivity contribution in [3.63, 3.8) is 0 Å². The zero-order valence-electron chi connectivity index (χ0n) is 12.7. The Morgan fingerprint density at radius 2 is 1.44 bits per heavy atom. The van der Waals surface area contributed by atoms with E-state index in [-0.39, 0.29) is 0 Å². The predicted molar refractivity (Wildman–Crippen MR) is 80.0 cm³/mol. The molecule has 0 saturated heterocycles. The quantitative estimate of drug-likeness (QED) is 0.638. The Hall–Kier alpha value is -0.780. The van der Waals surface area contributed by atoms with E-state index in [1.807, 2.05) is 0 Å². The highest BCUT2D eigenvalue weighted by Crippen LogP contribution is 2.51. The van der Waals surface area contributed by atoms with E-state index >= 15 is 0 Å². The van der Waals surface area contributed by atoms with E-state index in [0.29, 0.717) is 10.8 Å². The Balaban J connectivity index is 2.21. The molecule has 0 spiro atoms. The van der Waals surface area contributed by atoms with Crippen molar-refractivity contribution in [3.05, 3.63) is 35.4 Å². The van der Waals surface area contributed by atoms with Crippen molar-refractivity contribution in [3.8, 4) is 0 Å². The van der Waals surface area contributed by atoms with Crippen LogP contribution in [0.25, 0.3) is 0 Å². The Bertz CT molecular complexity index is 379. The Morgan fingerprint density at radius 3 is 1.89 bits per heavy atom. The zero-order valence-corrected chi connectivity index (χ0v) is 12.7. The van der Waals surface area contributed by atoms with Crippen LogP contribution in [-0.2, 0) is 6.42 Å². The SMILES string of the molecule is CCc1ccc(C2CC(C)(C)CC(C)(C)C2)cc1. The van der Waals surface area contributed by atoms with Crippen LogP contribution in [0.5, 0.6) is 0 Å². The fraction of sp³-hybridized carbons (Fsp3) is 0.667. The van der Waals surface area contributed by atoms with Crippen LogP contribution < -0.4 is 0 Å². The summed E-state index contributed by atoms with van der Waals surface area (Å²) in [6.07, 6.45) is 5.16. The lowest BCUT2D eigenvalue weighted by atomic mass is 9.60.